The van der Waals surface area contributed by atoms with E-state index in [2.05, 4.69) is 20.4 Å². The molecule has 0 aliphatic heterocycles. The topological polar surface area (TPSA) is 75.6 Å². The summed E-state index contributed by atoms with van der Waals surface area (Å²) in [5.74, 6) is 0.685. The summed E-state index contributed by atoms with van der Waals surface area (Å²) < 4.78 is 1.77. The van der Waals surface area contributed by atoms with Gasteiger partial charge in [0.25, 0.3) is 0 Å². The molecule has 0 aliphatic carbocycles. The number of nitrogens with zero attached hydrogens (tertiary/aromatic N) is 3. The van der Waals surface area contributed by atoms with Crippen LogP contribution >= 0.6 is 0 Å². The minimum absolute atomic E-state index is 0.0643. The first-order valence-corrected chi connectivity index (χ1v) is 8.52. The molecule has 0 unspecified atom stereocenters. The van der Waals surface area contributed by atoms with Gasteiger partial charge in [0.2, 0.25) is 5.91 Å². The summed E-state index contributed by atoms with van der Waals surface area (Å²) in [6.45, 7) is 1.92. The van der Waals surface area contributed by atoms with E-state index in [0.717, 1.165) is 28.1 Å². The van der Waals surface area contributed by atoms with Crippen LogP contribution in [-0.4, -0.2) is 25.7 Å². The number of carbonyl (C=O) groups excluding carboxylic acids is 1. The van der Waals surface area contributed by atoms with Gasteiger partial charge in [0.05, 0.1) is 35.4 Å². The van der Waals surface area contributed by atoms with Crippen molar-refractivity contribution in [1.29, 1.82) is 0 Å². The Bertz CT molecular complexity index is 1000. The van der Waals surface area contributed by atoms with E-state index >= 15 is 0 Å². The van der Waals surface area contributed by atoms with E-state index in [9.17, 15) is 4.79 Å². The van der Waals surface area contributed by atoms with E-state index in [4.69, 9.17) is 0 Å². The second kappa shape index (κ2) is 6.84. The summed E-state index contributed by atoms with van der Waals surface area (Å²) in [5, 5.41) is 7.31. The molecule has 0 aliphatic rings. The van der Waals surface area contributed by atoms with E-state index in [1.54, 1.807) is 10.9 Å². The average molecular weight is 345 g/mol. The summed E-state index contributed by atoms with van der Waals surface area (Å²) >= 11 is 0. The predicted octanol–water partition coefficient (Wildman–Crippen LogP) is 3.17. The van der Waals surface area contributed by atoms with E-state index in [1.165, 1.54) is 0 Å². The number of aromatic nitrogens is 4. The lowest BCUT2D eigenvalue weighted by Crippen LogP contribution is -2.28. The van der Waals surface area contributed by atoms with Gasteiger partial charge in [-0.05, 0) is 36.8 Å². The van der Waals surface area contributed by atoms with Gasteiger partial charge in [-0.2, -0.15) is 5.10 Å². The Balaban J connectivity index is 1.41. The molecule has 2 N–H and O–H groups in total. The van der Waals surface area contributed by atoms with Crippen molar-refractivity contribution in [3.63, 3.8) is 0 Å². The Morgan fingerprint density at radius 3 is 2.73 bits per heavy atom. The summed E-state index contributed by atoms with van der Waals surface area (Å²) in [4.78, 5) is 20.1. The van der Waals surface area contributed by atoms with Crippen LogP contribution in [0.25, 0.3) is 16.7 Å². The summed E-state index contributed by atoms with van der Waals surface area (Å²) in [6, 6.07) is 17.4. The molecule has 4 aromatic rings. The SMILES string of the molecule is C[C@@H](NC(=O)Cc1cnn(-c2ccccc2)c1)c1nc2ccccc2[nH]1. The maximum absolute atomic E-state index is 12.4. The fraction of sp³-hybridized carbons (Fsp3) is 0.150. The minimum Gasteiger partial charge on any atom is -0.346 e. The summed E-state index contributed by atoms with van der Waals surface area (Å²) in [6.07, 6.45) is 3.87. The van der Waals surface area contributed by atoms with Crippen molar-refractivity contribution in [1.82, 2.24) is 25.1 Å². The molecular formula is C20H19N5O. The first-order valence-electron chi connectivity index (χ1n) is 8.52. The third-order valence-electron chi connectivity index (χ3n) is 4.22. The number of hydrogen-bond donors (Lipinski definition) is 2. The van der Waals surface area contributed by atoms with E-state index in [1.807, 2.05) is 67.7 Å². The smallest absolute Gasteiger partial charge is 0.225 e. The van der Waals surface area contributed by atoms with Crippen LogP contribution in [0.4, 0.5) is 0 Å². The number of benzene rings is 2. The zero-order valence-electron chi connectivity index (χ0n) is 14.4. The molecule has 0 fully saturated rings. The molecule has 1 atom stereocenters. The first-order chi connectivity index (χ1) is 12.7. The minimum atomic E-state index is -0.195. The summed E-state index contributed by atoms with van der Waals surface area (Å²) in [7, 11) is 0. The number of nitrogens with one attached hydrogen (secondary N) is 2. The van der Waals surface area contributed by atoms with Crippen LogP contribution in [0, 0.1) is 0 Å². The molecule has 1 amide bonds. The Labute approximate surface area is 150 Å². The van der Waals surface area contributed by atoms with E-state index in [-0.39, 0.29) is 18.4 Å². The highest BCUT2D eigenvalue weighted by Crippen LogP contribution is 2.16. The van der Waals surface area contributed by atoms with Crippen LogP contribution in [0.5, 0.6) is 0 Å². The fourth-order valence-electron chi connectivity index (χ4n) is 2.90. The number of fused-ring (bicyclic) bond motifs is 1. The molecular weight excluding hydrogens is 326 g/mol. The maximum Gasteiger partial charge on any atom is 0.225 e. The molecule has 2 aromatic carbocycles. The Morgan fingerprint density at radius 1 is 1.15 bits per heavy atom. The fourth-order valence-corrected chi connectivity index (χ4v) is 2.90. The predicted molar refractivity (Wildman–Crippen MR) is 99.9 cm³/mol. The van der Waals surface area contributed by atoms with Crippen LogP contribution in [-0.2, 0) is 11.2 Å². The molecule has 130 valence electrons. The van der Waals surface area contributed by atoms with Crippen molar-refractivity contribution in [3.8, 4) is 5.69 Å². The molecule has 26 heavy (non-hydrogen) atoms. The van der Waals surface area contributed by atoms with E-state index < -0.39 is 0 Å². The zero-order valence-corrected chi connectivity index (χ0v) is 14.4. The van der Waals surface area contributed by atoms with Crippen LogP contribution < -0.4 is 5.32 Å². The highest BCUT2D eigenvalue weighted by Gasteiger charge is 2.14. The highest BCUT2D eigenvalue weighted by molar-refractivity contribution is 5.79. The molecule has 0 saturated heterocycles. The molecule has 2 heterocycles. The number of rotatable bonds is 5. The van der Waals surface area contributed by atoms with Crippen molar-refractivity contribution >= 4 is 16.9 Å². The quantitative estimate of drug-likeness (QED) is 0.583. The Kier molecular flexibility index (Phi) is 4.23. The second-order valence-electron chi connectivity index (χ2n) is 6.23. The number of para-hydroxylation sites is 3. The largest absolute Gasteiger partial charge is 0.346 e. The van der Waals surface area contributed by atoms with Crippen molar-refractivity contribution in [2.75, 3.05) is 0 Å². The van der Waals surface area contributed by atoms with Gasteiger partial charge in [-0.3, -0.25) is 4.79 Å². The lowest BCUT2D eigenvalue weighted by atomic mass is 10.2. The number of aromatic amines is 1. The van der Waals surface area contributed by atoms with Crippen LogP contribution in [0.15, 0.2) is 67.0 Å². The molecule has 6 nitrogen and oxygen atoms in total. The molecule has 2 aromatic heterocycles. The standard InChI is InChI=1S/C20H19N5O/c1-14(20-23-17-9-5-6-10-18(17)24-20)22-19(26)11-15-12-21-25(13-15)16-7-3-2-4-8-16/h2-10,12-14H,11H2,1H3,(H,22,26)(H,23,24)/t14-/m1/s1. The number of H-pyrrole nitrogens is 1. The highest BCUT2D eigenvalue weighted by atomic mass is 16.1. The zero-order chi connectivity index (χ0) is 17.9. The van der Waals surface area contributed by atoms with Gasteiger partial charge in [-0.25, -0.2) is 9.67 Å². The van der Waals surface area contributed by atoms with Gasteiger partial charge >= 0.3 is 0 Å². The number of carbonyl (C=O) groups is 1. The number of imidazole rings is 1. The average Bonchev–Trinajstić information content (AvgIpc) is 3.29. The van der Waals surface area contributed by atoms with Gasteiger partial charge in [0.1, 0.15) is 5.82 Å². The lowest BCUT2D eigenvalue weighted by Gasteiger charge is -2.10. The monoisotopic (exact) mass is 345 g/mol. The van der Waals surface area contributed by atoms with Crippen LogP contribution in [0.3, 0.4) is 0 Å². The normalized spacial score (nSPS) is 12.2. The van der Waals surface area contributed by atoms with Crippen molar-refractivity contribution < 1.29 is 4.79 Å². The lowest BCUT2D eigenvalue weighted by molar-refractivity contribution is -0.121. The maximum atomic E-state index is 12.4. The first kappa shape index (κ1) is 16.1. The van der Waals surface area contributed by atoms with Crippen molar-refractivity contribution in [3.05, 3.63) is 78.4 Å². The molecule has 0 bridgehead atoms. The van der Waals surface area contributed by atoms with Gasteiger partial charge in [-0.15, -0.1) is 0 Å². The van der Waals surface area contributed by atoms with E-state index in [0.29, 0.717) is 0 Å². The molecule has 4 rings (SSSR count). The molecule has 0 spiro atoms. The second-order valence-corrected chi connectivity index (χ2v) is 6.23. The summed E-state index contributed by atoms with van der Waals surface area (Å²) in [5.41, 5.74) is 3.69. The number of hydrogen-bond acceptors (Lipinski definition) is 3. The Hall–Kier alpha value is -3.41. The third-order valence-corrected chi connectivity index (χ3v) is 4.22. The van der Waals surface area contributed by atoms with Crippen molar-refractivity contribution in [2.24, 2.45) is 0 Å². The van der Waals surface area contributed by atoms with Crippen molar-refractivity contribution in [2.45, 2.75) is 19.4 Å². The van der Waals surface area contributed by atoms with Crippen LogP contribution in [0.1, 0.15) is 24.4 Å². The van der Waals surface area contributed by atoms with Gasteiger partial charge in [0, 0.05) is 6.20 Å². The van der Waals surface area contributed by atoms with Gasteiger partial charge in [-0.1, -0.05) is 30.3 Å². The van der Waals surface area contributed by atoms with Gasteiger partial charge < -0.3 is 10.3 Å². The van der Waals surface area contributed by atoms with Crippen LogP contribution in [0.2, 0.25) is 0 Å². The third kappa shape index (κ3) is 3.35. The number of amides is 1. The Morgan fingerprint density at radius 2 is 1.92 bits per heavy atom. The molecule has 6 heteroatoms. The molecule has 0 radical (unpaired) electrons. The van der Waals surface area contributed by atoms with Gasteiger partial charge in [0.15, 0.2) is 0 Å². The molecule has 0 saturated carbocycles.